The number of nitrogens with two attached hydrogens (primary N) is 1. The third kappa shape index (κ3) is 3.93. The van der Waals surface area contributed by atoms with Crippen molar-refractivity contribution in [1.82, 2.24) is 19.9 Å². The molecule has 3 aromatic heterocycles. The molecule has 0 unspecified atom stereocenters. The molecule has 0 fully saturated rings. The Kier molecular flexibility index (Phi) is 4.75. The third-order valence-corrected chi connectivity index (χ3v) is 4.82. The fourth-order valence-electron chi connectivity index (χ4n) is 3.40. The van der Waals surface area contributed by atoms with E-state index in [-0.39, 0.29) is 11.7 Å². The zero-order chi connectivity index (χ0) is 21.2. The number of fused-ring (bicyclic) bond motifs is 1. The Hall–Kier alpha value is -4.27. The van der Waals surface area contributed by atoms with E-state index in [0.29, 0.717) is 22.9 Å². The van der Waals surface area contributed by atoms with Crippen molar-refractivity contribution in [3.63, 3.8) is 0 Å². The van der Waals surface area contributed by atoms with Crippen LogP contribution in [0.5, 0.6) is 11.5 Å². The van der Waals surface area contributed by atoms with E-state index in [2.05, 4.69) is 30.6 Å². The topological polar surface area (TPSA) is 111 Å². The van der Waals surface area contributed by atoms with Crippen molar-refractivity contribution in [2.24, 2.45) is 0 Å². The van der Waals surface area contributed by atoms with Gasteiger partial charge in [0.25, 0.3) is 0 Å². The average Bonchev–Trinajstić information content (AvgIpc) is 3.26. The molecule has 0 saturated heterocycles. The average molecular weight is 415 g/mol. The number of hydrogen-bond donors (Lipinski definition) is 3. The van der Waals surface area contributed by atoms with Gasteiger partial charge in [-0.2, -0.15) is 4.98 Å². The summed E-state index contributed by atoms with van der Waals surface area (Å²) < 4.78 is 20.6. The van der Waals surface area contributed by atoms with Crippen LogP contribution in [0.2, 0.25) is 0 Å². The Morgan fingerprint density at radius 1 is 1.00 bits per heavy atom. The van der Waals surface area contributed by atoms with E-state index in [1.807, 2.05) is 12.1 Å². The van der Waals surface area contributed by atoms with Gasteiger partial charge >= 0.3 is 0 Å². The lowest BCUT2D eigenvalue weighted by Gasteiger charge is -2.12. The minimum absolute atomic E-state index is 0.109. The van der Waals surface area contributed by atoms with Crippen LogP contribution in [0, 0.1) is 5.82 Å². The van der Waals surface area contributed by atoms with Crippen LogP contribution >= 0.6 is 0 Å². The summed E-state index contributed by atoms with van der Waals surface area (Å²) in [4.78, 5) is 16.7. The van der Waals surface area contributed by atoms with Gasteiger partial charge in [-0.1, -0.05) is 0 Å². The zero-order valence-electron chi connectivity index (χ0n) is 16.3. The number of rotatable bonds is 5. The molecule has 1 aliphatic rings. The van der Waals surface area contributed by atoms with Gasteiger partial charge in [-0.05, 0) is 36.8 Å². The van der Waals surface area contributed by atoms with E-state index in [0.717, 1.165) is 29.9 Å². The van der Waals surface area contributed by atoms with Crippen molar-refractivity contribution in [2.45, 2.75) is 6.42 Å². The van der Waals surface area contributed by atoms with Crippen LogP contribution in [-0.2, 0) is 6.42 Å². The van der Waals surface area contributed by atoms with E-state index in [1.54, 1.807) is 42.9 Å². The molecule has 0 aliphatic carbocycles. The second-order valence-corrected chi connectivity index (χ2v) is 6.92. The third-order valence-electron chi connectivity index (χ3n) is 4.82. The van der Waals surface area contributed by atoms with Crippen LogP contribution in [0.1, 0.15) is 5.56 Å². The van der Waals surface area contributed by atoms with Gasteiger partial charge < -0.3 is 21.1 Å². The molecule has 0 spiro atoms. The van der Waals surface area contributed by atoms with Crippen molar-refractivity contribution >= 4 is 23.3 Å². The number of pyridine rings is 2. The van der Waals surface area contributed by atoms with Gasteiger partial charge in [0.15, 0.2) is 11.6 Å². The molecule has 0 amide bonds. The molecular formula is C22H18FN7O. The fraction of sp³-hybridized carbons (Fsp3) is 0.0909. The maximum Gasteiger partial charge on any atom is 0.222 e. The van der Waals surface area contributed by atoms with E-state index in [1.165, 1.54) is 6.07 Å². The van der Waals surface area contributed by atoms with Crippen LogP contribution in [0.15, 0.2) is 61.1 Å². The number of nitrogen functional groups attached to an aromatic ring is 1. The second-order valence-electron chi connectivity index (χ2n) is 6.92. The molecule has 9 heteroatoms. The number of aromatic nitrogens is 4. The Balaban J connectivity index is 1.38. The number of anilines is 4. The molecule has 1 aliphatic heterocycles. The fourth-order valence-corrected chi connectivity index (χ4v) is 3.40. The monoisotopic (exact) mass is 415 g/mol. The number of hydrogen-bond acceptors (Lipinski definition) is 8. The molecule has 0 saturated carbocycles. The maximum atomic E-state index is 14.8. The SMILES string of the molecule is Nc1nc(Nc2ccc(Oc3ccnc4c3CCN4)c(F)c2)cc(-c2ccncc2)n1. The Bertz CT molecular complexity index is 1250. The predicted octanol–water partition coefficient (Wildman–Crippen LogP) is 4.16. The maximum absolute atomic E-state index is 14.8. The molecule has 0 radical (unpaired) electrons. The lowest BCUT2D eigenvalue weighted by molar-refractivity contribution is 0.439. The summed E-state index contributed by atoms with van der Waals surface area (Å²) in [5.74, 6) is 1.56. The highest BCUT2D eigenvalue weighted by Crippen LogP contribution is 2.34. The molecule has 0 atom stereocenters. The molecule has 4 aromatic rings. The summed E-state index contributed by atoms with van der Waals surface area (Å²) in [6.07, 6.45) is 5.76. The first-order valence-electron chi connectivity index (χ1n) is 9.67. The summed E-state index contributed by atoms with van der Waals surface area (Å²) in [6, 6.07) is 11.7. The van der Waals surface area contributed by atoms with E-state index in [4.69, 9.17) is 10.5 Å². The van der Waals surface area contributed by atoms with Crippen LogP contribution in [0.4, 0.5) is 27.7 Å². The van der Waals surface area contributed by atoms with Gasteiger partial charge in [-0.15, -0.1) is 0 Å². The summed E-state index contributed by atoms with van der Waals surface area (Å²) >= 11 is 0. The predicted molar refractivity (Wildman–Crippen MR) is 116 cm³/mol. The van der Waals surface area contributed by atoms with Crippen LogP contribution in [-0.4, -0.2) is 26.5 Å². The van der Waals surface area contributed by atoms with E-state index >= 15 is 0 Å². The van der Waals surface area contributed by atoms with Gasteiger partial charge in [-0.25, -0.2) is 14.4 Å². The summed E-state index contributed by atoms with van der Waals surface area (Å²) in [7, 11) is 0. The first-order valence-corrected chi connectivity index (χ1v) is 9.67. The molecule has 154 valence electrons. The number of halogens is 1. The van der Waals surface area contributed by atoms with Crippen LogP contribution in [0.3, 0.4) is 0 Å². The number of nitrogens with one attached hydrogen (secondary N) is 2. The highest BCUT2D eigenvalue weighted by Gasteiger charge is 2.18. The Morgan fingerprint density at radius 2 is 1.87 bits per heavy atom. The smallest absolute Gasteiger partial charge is 0.222 e. The van der Waals surface area contributed by atoms with Crippen molar-refractivity contribution in [3.05, 3.63) is 72.4 Å². The van der Waals surface area contributed by atoms with Gasteiger partial charge in [0.1, 0.15) is 17.4 Å². The first kappa shape index (κ1) is 18.7. The minimum Gasteiger partial charge on any atom is -0.454 e. The van der Waals surface area contributed by atoms with Crippen LogP contribution < -0.4 is 21.1 Å². The second kappa shape index (κ2) is 7.86. The van der Waals surface area contributed by atoms with Gasteiger partial charge in [-0.3, -0.25) is 4.98 Å². The Morgan fingerprint density at radius 3 is 2.71 bits per heavy atom. The molecule has 8 nitrogen and oxygen atoms in total. The van der Waals surface area contributed by atoms with Crippen molar-refractivity contribution < 1.29 is 9.13 Å². The van der Waals surface area contributed by atoms with E-state index in [9.17, 15) is 4.39 Å². The lowest BCUT2D eigenvalue weighted by Crippen LogP contribution is -2.02. The van der Waals surface area contributed by atoms with Crippen molar-refractivity contribution in [2.75, 3.05) is 22.9 Å². The standard InChI is InChI=1S/C22H18FN7O/c23-16-11-14(1-2-19(16)31-18-6-10-27-21-15(18)5-9-26-21)28-20-12-17(29-22(24)30-20)13-3-7-25-8-4-13/h1-4,6-8,10-12H,5,9H2,(H,26,27)(H3,24,28,29,30). The molecular weight excluding hydrogens is 397 g/mol. The van der Waals surface area contributed by atoms with Gasteiger partial charge in [0, 0.05) is 54.1 Å². The van der Waals surface area contributed by atoms with Crippen molar-refractivity contribution in [1.29, 1.82) is 0 Å². The minimum atomic E-state index is -0.502. The van der Waals surface area contributed by atoms with Gasteiger partial charge in [0.2, 0.25) is 5.95 Å². The normalized spacial score (nSPS) is 12.2. The number of benzene rings is 1. The number of nitrogens with zero attached hydrogens (tertiary/aromatic N) is 4. The van der Waals surface area contributed by atoms with Gasteiger partial charge in [0.05, 0.1) is 5.69 Å². The first-order chi connectivity index (χ1) is 15.2. The highest BCUT2D eigenvalue weighted by atomic mass is 19.1. The summed E-state index contributed by atoms with van der Waals surface area (Å²) in [5, 5.41) is 6.24. The molecule has 1 aromatic carbocycles. The Labute approximate surface area is 177 Å². The molecule has 31 heavy (non-hydrogen) atoms. The van der Waals surface area contributed by atoms with E-state index < -0.39 is 5.82 Å². The molecule has 5 rings (SSSR count). The zero-order valence-corrected chi connectivity index (χ0v) is 16.3. The van der Waals surface area contributed by atoms with Crippen molar-refractivity contribution in [3.8, 4) is 22.8 Å². The van der Waals surface area contributed by atoms with Crippen LogP contribution in [0.25, 0.3) is 11.3 Å². The summed E-state index contributed by atoms with van der Waals surface area (Å²) in [6.45, 7) is 0.789. The largest absolute Gasteiger partial charge is 0.454 e. The summed E-state index contributed by atoms with van der Waals surface area (Å²) in [5.41, 5.74) is 8.79. The molecule has 4 heterocycles. The molecule has 4 N–H and O–H groups in total. The number of ether oxygens (including phenoxy) is 1. The quantitative estimate of drug-likeness (QED) is 0.446. The lowest BCUT2D eigenvalue weighted by atomic mass is 10.2. The molecule has 0 bridgehead atoms. The highest BCUT2D eigenvalue weighted by molar-refractivity contribution is 5.67.